The number of nitrogens with zero attached hydrogens (tertiary/aromatic N) is 4. The van der Waals surface area contributed by atoms with E-state index in [1.54, 1.807) is 36.8 Å². The van der Waals surface area contributed by atoms with Crippen LogP contribution in [-0.2, 0) is 18.4 Å². The molecule has 2 aromatic carbocycles. The average Bonchev–Trinajstić information content (AvgIpc) is 3.09. The van der Waals surface area contributed by atoms with Gasteiger partial charge in [-0.05, 0) is 35.4 Å². The quantitative estimate of drug-likeness (QED) is 0.719. The van der Waals surface area contributed by atoms with Crippen molar-refractivity contribution in [1.29, 1.82) is 10.5 Å². The lowest BCUT2D eigenvalue weighted by molar-refractivity contribution is 0.0622. The van der Waals surface area contributed by atoms with Crippen LogP contribution in [0.3, 0.4) is 0 Å². The summed E-state index contributed by atoms with van der Waals surface area (Å²) >= 11 is 0. The first kappa shape index (κ1) is 16.4. The Hall–Kier alpha value is -3.41. The zero-order valence-electron chi connectivity index (χ0n) is 13.8. The molecule has 0 saturated carbocycles. The number of imidazole rings is 1. The molecule has 25 heavy (non-hydrogen) atoms. The lowest BCUT2D eigenvalue weighted by Gasteiger charge is -2.19. The molecule has 0 aliphatic carbocycles. The SMILES string of the molecule is Cn1cncc1C(OCc1ccc(C#N)cc1)c1ccc(C#N)cc1. The predicted octanol–water partition coefficient (Wildman–Crippen LogP) is 3.47. The Kier molecular flexibility index (Phi) is 4.89. The Labute approximate surface area is 146 Å². The summed E-state index contributed by atoms with van der Waals surface area (Å²) in [7, 11) is 1.92. The van der Waals surface area contributed by atoms with E-state index in [-0.39, 0.29) is 6.10 Å². The Bertz CT molecular complexity index is 928. The molecule has 0 bridgehead atoms. The van der Waals surface area contributed by atoms with E-state index in [1.165, 1.54) is 0 Å². The van der Waals surface area contributed by atoms with E-state index in [9.17, 15) is 0 Å². The summed E-state index contributed by atoms with van der Waals surface area (Å²) in [5.41, 5.74) is 4.10. The molecule has 5 nitrogen and oxygen atoms in total. The van der Waals surface area contributed by atoms with Crippen LogP contribution in [0.1, 0.15) is 34.1 Å². The van der Waals surface area contributed by atoms with Crippen LogP contribution in [0.5, 0.6) is 0 Å². The smallest absolute Gasteiger partial charge is 0.124 e. The Morgan fingerprint density at radius 3 is 2.12 bits per heavy atom. The molecule has 0 spiro atoms. The van der Waals surface area contributed by atoms with Crippen molar-refractivity contribution >= 4 is 0 Å². The Morgan fingerprint density at radius 2 is 1.60 bits per heavy atom. The molecule has 122 valence electrons. The number of nitriles is 2. The number of ether oxygens (including phenoxy) is 1. The molecule has 0 radical (unpaired) electrons. The second-order valence-corrected chi connectivity index (χ2v) is 5.66. The molecule has 1 atom stereocenters. The first-order valence-electron chi connectivity index (χ1n) is 7.78. The van der Waals surface area contributed by atoms with Gasteiger partial charge in [0.1, 0.15) is 6.10 Å². The minimum atomic E-state index is -0.295. The normalized spacial score (nSPS) is 11.5. The van der Waals surface area contributed by atoms with Crippen LogP contribution < -0.4 is 0 Å². The van der Waals surface area contributed by atoms with Gasteiger partial charge in [0.25, 0.3) is 0 Å². The monoisotopic (exact) mass is 328 g/mol. The van der Waals surface area contributed by atoms with Crippen molar-refractivity contribution < 1.29 is 4.74 Å². The minimum absolute atomic E-state index is 0.295. The van der Waals surface area contributed by atoms with Crippen molar-refractivity contribution in [3.05, 3.63) is 89.0 Å². The van der Waals surface area contributed by atoms with Crippen molar-refractivity contribution in [2.45, 2.75) is 12.7 Å². The van der Waals surface area contributed by atoms with Crippen molar-refractivity contribution in [2.24, 2.45) is 7.05 Å². The van der Waals surface area contributed by atoms with E-state index in [1.807, 2.05) is 35.9 Å². The highest BCUT2D eigenvalue weighted by atomic mass is 16.5. The third kappa shape index (κ3) is 3.74. The van der Waals surface area contributed by atoms with E-state index < -0.39 is 0 Å². The number of hydrogen-bond donors (Lipinski definition) is 0. The topological polar surface area (TPSA) is 74.6 Å². The van der Waals surface area contributed by atoms with Crippen LogP contribution in [0.4, 0.5) is 0 Å². The lowest BCUT2D eigenvalue weighted by Crippen LogP contribution is -2.10. The van der Waals surface area contributed by atoms with E-state index in [0.29, 0.717) is 17.7 Å². The highest BCUT2D eigenvalue weighted by molar-refractivity contribution is 5.35. The molecule has 3 rings (SSSR count). The summed E-state index contributed by atoms with van der Waals surface area (Å²) in [6.45, 7) is 0.404. The molecular weight excluding hydrogens is 312 g/mol. The average molecular weight is 328 g/mol. The van der Waals surface area contributed by atoms with Gasteiger partial charge >= 0.3 is 0 Å². The molecule has 1 aromatic heterocycles. The zero-order valence-corrected chi connectivity index (χ0v) is 13.8. The molecule has 3 aromatic rings. The van der Waals surface area contributed by atoms with Gasteiger partial charge in [-0.1, -0.05) is 24.3 Å². The summed E-state index contributed by atoms with van der Waals surface area (Å²) in [5.74, 6) is 0. The molecule has 0 saturated heterocycles. The number of aryl methyl sites for hydroxylation is 1. The summed E-state index contributed by atoms with van der Waals surface area (Å²) < 4.78 is 8.08. The highest BCUT2D eigenvalue weighted by Gasteiger charge is 2.18. The zero-order chi connectivity index (χ0) is 17.6. The molecule has 5 heteroatoms. The molecule has 1 unspecified atom stereocenters. The van der Waals surface area contributed by atoms with Crippen molar-refractivity contribution in [1.82, 2.24) is 9.55 Å². The fraction of sp³-hybridized carbons (Fsp3) is 0.150. The van der Waals surface area contributed by atoms with Crippen molar-refractivity contribution in [3.63, 3.8) is 0 Å². The largest absolute Gasteiger partial charge is 0.363 e. The van der Waals surface area contributed by atoms with Gasteiger partial charge in [-0.25, -0.2) is 4.98 Å². The van der Waals surface area contributed by atoms with Gasteiger partial charge in [0.05, 0.1) is 48.1 Å². The molecule has 1 heterocycles. The van der Waals surface area contributed by atoms with Gasteiger partial charge in [0.2, 0.25) is 0 Å². The molecule has 0 aliphatic heterocycles. The van der Waals surface area contributed by atoms with Gasteiger partial charge in [0.15, 0.2) is 0 Å². The summed E-state index contributed by atoms with van der Waals surface area (Å²) in [6, 6.07) is 18.9. The van der Waals surface area contributed by atoms with Gasteiger partial charge in [-0.2, -0.15) is 10.5 Å². The predicted molar refractivity (Wildman–Crippen MR) is 92.2 cm³/mol. The fourth-order valence-electron chi connectivity index (χ4n) is 2.56. The van der Waals surface area contributed by atoms with Gasteiger partial charge in [-0.15, -0.1) is 0 Å². The fourth-order valence-corrected chi connectivity index (χ4v) is 2.56. The second kappa shape index (κ2) is 7.44. The number of aromatic nitrogens is 2. The summed E-state index contributed by atoms with van der Waals surface area (Å²) in [6.07, 6.45) is 3.22. The summed E-state index contributed by atoms with van der Waals surface area (Å²) in [4.78, 5) is 4.17. The Morgan fingerprint density at radius 1 is 1.00 bits per heavy atom. The van der Waals surface area contributed by atoms with E-state index in [4.69, 9.17) is 15.3 Å². The third-order valence-electron chi connectivity index (χ3n) is 3.96. The van der Waals surface area contributed by atoms with Crippen LogP contribution in [0, 0.1) is 22.7 Å². The van der Waals surface area contributed by atoms with Gasteiger partial charge in [-0.3, -0.25) is 0 Å². The standard InChI is InChI=1S/C20H16N4O/c1-24-14-23-12-19(24)20(18-8-6-16(11-22)7-9-18)25-13-17-4-2-15(10-21)3-5-17/h2-9,12,14,20H,13H2,1H3. The minimum Gasteiger partial charge on any atom is -0.363 e. The Balaban J connectivity index is 1.84. The van der Waals surface area contributed by atoms with Gasteiger partial charge < -0.3 is 9.30 Å². The van der Waals surface area contributed by atoms with Gasteiger partial charge in [0, 0.05) is 7.05 Å². The van der Waals surface area contributed by atoms with Crippen LogP contribution in [0.15, 0.2) is 61.1 Å². The summed E-state index contributed by atoms with van der Waals surface area (Å²) in [5, 5.41) is 17.9. The van der Waals surface area contributed by atoms with Crippen LogP contribution in [0.25, 0.3) is 0 Å². The molecular formula is C20H16N4O. The number of benzene rings is 2. The molecule has 0 N–H and O–H groups in total. The maximum atomic E-state index is 8.97. The third-order valence-corrected chi connectivity index (χ3v) is 3.96. The van der Waals surface area contributed by atoms with Crippen molar-refractivity contribution in [2.75, 3.05) is 0 Å². The van der Waals surface area contributed by atoms with Crippen LogP contribution in [-0.4, -0.2) is 9.55 Å². The lowest BCUT2D eigenvalue weighted by atomic mass is 10.0. The second-order valence-electron chi connectivity index (χ2n) is 5.66. The van der Waals surface area contributed by atoms with E-state index in [0.717, 1.165) is 16.8 Å². The van der Waals surface area contributed by atoms with Crippen LogP contribution in [0.2, 0.25) is 0 Å². The molecule has 0 amide bonds. The molecule has 0 aliphatic rings. The maximum Gasteiger partial charge on any atom is 0.124 e. The maximum absolute atomic E-state index is 8.97. The highest BCUT2D eigenvalue weighted by Crippen LogP contribution is 2.27. The number of hydrogen-bond acceptors (Lipinski definition) is 4. The number of rotatable bonds is 5. The molecule has 0 fully saturated rings. The first-order chi connectivity index (χ1) is 12.2. The van der Waals surface area contributed by atoms with Crippen molar-refractivity contribution in [3.8, 4) is 12.1 Å². The van der Waals surface area contributed by atoms with E-state index >= 15 is 0 Å². The van der Waals surface area contributed by atoms with E-state index in [2.05, 4.69) is 17.1 Å². The van der Waals surface area contributed by atoms with Crippen LogP contribution >= 0.6 is 0 Å². The first-order valence-corrected chi connectivity index (χ1v) is 7.78.